The first-order chi connectivity index (χ1) is 8.16. The molecule has 2 aromatic rings. The summed E-state index contributed by atoms with van der Waals surface area (Å²) in [5, 5.41) is 17.7. The Labute approximate surface area is 101 Å². The summed E-state index contributed by atoms with van der Waals surface area (Å²) in [6, 6.07) is 0.279. The smallest absolute Gasteiger partial charge is 0.341 e. The van der Waals surface area contributed by atoms with Gasteiger partial charge in [0.25, 0.3) is 0 Å². The third kappa shape index (κ3) is 1.70. The molecule has 0 saturated heterocycles. The fourth-order valence-electron chi connectivity index (χ4n) is 1.74. The highest BCUT2D eigenvalue weighted by Gasteiger charge is 2.30. The number of nitrogens with zero attached hydrogens (tertiary/aromatic N) is 4. The van der Waals surface area contributed by atoms with Gasteiger partial charge in [-0.3, -0.25) is 0 Å². The summed E-state index contributed by atoms with van der Waals surface area (Å²) in [5.41, 5.74) is 0.136. The largest absolute Gasteiger partial charge is 0.477 e. The molecule has 0 bridgehead atoms. The molecule has 2 aromatic heterocycles. The number of hydrogen-bond acceptors (Lipinski definition) is 3. The van der Waals surface area contributed by atoms with Gasteiger partial charge in [-0.05, 0) is 12.8 Å². The second kappa shape index (κ2) is 3.59. The zero-order chi connectivity index (χ0) is 12.0. The average Bonchev–Trinajstić information content (AvgIpc) is 2.88. The standard InChI is InChI=1S/C10H9ClN4O2/c11-6-3-12-14(5-6)9-8(10(16)17)4-13-15(9)7-1-2-7/h3-5,7H,1-2H2,(H,16,17). The molecule has 0 aliphatic heterocycles. The van der Waals surface area contributed by atoms with Crippen molar-refractivity contribution in [1.29, 1.82) is 0 Å². The number of aromatic nitrogens is 4. The summed E-state index contributed by atoms with van der Waals surface area (Å²) in [4.78, 5) is 11.1. The predicted octanol–water partition coefficient (Wildman–Crippen LogP) is 1.76. The molecule has 88 valence electrons. The van der Waals surface area contributed by atoms with Crippen molar-refractivity contribution in [2.75, 3.05) is 0 Å². The number of halogens is 1. The number of carboxylic acid groups (broad SMARTS) is 1. The van der Waals surface area contributed by atoms with Gasteiger partial charge in [-0.2, -0.15) is 10.2 Å². The van der Waals surface area contributed by atoms with Crippen LogP contribution >= 0.6 is 11.6 Å². The Morgan fingerprint density at radius 3 is 2.71 bits per heavy atom. The summed E-state index contributed by atoms with van der Waals surface area (Å²) >= 11 is 5.80. The van der Waals surface area contributed by atoms with Crippen LogP contribution in [0.2, 0.25) is 5.02 Å². The maximum absolute atomic E-state index is 11.1. The number of hydrogen-bond donors (Lipinski definition) is 1. The van der Waals surface area contributed by atoms with E-state index in [1.54, 1.807) is 10.9 Å². The van der Waals surface area contributed by atoms with Gasteiger partial charge in [0.1, 0.15) is 5.56 Å². The Balaban J connectivity index is 2.17. The third-order valence-corrected chi connectivity index (χ3v) is 2.86. The molecular formula is C10H9ClN4O2. The van der Waals surface area contributed by atoms with E-state index in [-0.39, 0.29) is 11.6 Å². The van der Waals surface area contributed by atoms with Crippen molar-refractivity contribution in [3.05, 3.63) is 29.2 Å². The Kier molecular flexibility index (Phi) is 2.19. The minimum absolute atomic E-state index is 0.136. The minimum Gasteiger partial charge on any atom is -0.477 e. The van der Waals surface area contributed by atoms with E-state index < -0.39 is 5.97 Å². The van der Waals surface area contributed by atoms with Crippen LogP contribution in [0.15, 0.2) is 18.6 Å². The summed E-state index contributed by atoms with van der Waals surface area (Å²) in [7, 11) is 0. The van der Waals surface area contributed by atoms with Crippen molar-refractivity contribution < 1.29 is 9.90 Å². The number of carbonyl (C=O) groups is 1. The molecule has 7 heteroatoms. The van der Waals surface area contributed by atoms with Gasteiger partial charge in [-0.1, -0.05) is 11.6 Å². The molecule has 0 radical (unpaired) electrons. The minimum atomic E-state index is -1.02. The van der Waals surface area contributed by atoms with Gasteiger partial charge >= 0.3 is 5.97 Å². The zero-order valence-electron chi connectivity index (χ0n) is 8.75. The lowest BCUT2D eigenvalue weighted by Gasteiger charge is -2.06. The molecule has 2 heterocycles. The summed E-state index contributed by atoms with van der Waals surface area (Å²) < 4.78 is 3.16. The average molecular weight is 253 g/mol. The summed E-state index contributed by atoms with van der Waals surface area (Å²) in [6.45, 7) is 0. The molecule has 1 saturated carbocycles. The van der Waals surface area contributed by atoms with Crippen molar-refractivity contribution in [2.45, 2.75) is 18.9 Å². The maximum Gasteiger partial charge on any atom is 0.341 e. The molecular weight excluding hydrogens is 244 g/mol. The first-order valence-corrected chi connectivity index (χ1v) is 5.56. The highest BCUT2D eigenvalue weighted by molar-refractivity contribution is 6.30. The van der Waals surface area contributed by atoms with Crippen LogP contribution in [0, 0.1) is 0 Å². The van der Waals surface area contributed by atoms with Gasteiger partial charge in [-0.15, -0.1) is 0 Å². The second-order valence-corrected chi connectivity index (χ2v) is 4.40. The summed E-state index contributed by atoms with van der Waals surface area (Å²) in [6.07, 6.45) is 6.43. The van der Waals surface area contributed by atoms with Gasteiger partial charge in [0, 0.05) is 0 Å². The van der Waals surface area contributed by atoms with Crippen LogP contribution < -0.4 is 0 Å². The first kappa shape index (κ1) is 10.3. The van der Waals surface area contributed by atoms with Gasteiger partial charge in [-0.25, -0.2) is 14.2 Å². The van der Waals surface area contributed by atoms with Gasteiger partial charge in [0.2, 0.25) is 0 Å². The van der Waals surface area contributed by atoms with E-state index >= 15 is 0 Å². The highest BCUT2D eigenvalue weighted by atomic mass is 35.5. The molecule has 1 N–H and O–H groups in total. The van der Waals surface area contributed by atoms with E-state index in [1.807, 2.05) is 0 Å². The first-order valence-electron chi connectivity index (χ1n) is 5.18. The monoisotopic (exact) mass is 252 g/mol. The van der Waals surface area contributed by atoms with E-state index in [9.17, 15) is 4.79 Å². The molecule has 0 aromatic carbocycles. The second-order valence-electron chi connectivity index (χ2n) is 3.97. The van der Waals surface area contributed by atoms with Crippen molar-refractivity contribution in [3.8, 4) is 5.82 Å². The molecule has 0 atom stereocenters. The van der Waals surface area contributed by atoms with Gasteiger partial charge < -0.3 is 5.11 Å². The van der Waals surface area contributed by atoms with Gasteiger partial charge in [0.05, 0.1) is 29.7 Å². The molecule has 1 aliphatic rings. The lowest BCUT2D eigenvalue weighted by atomic mass is 10.3. The lowest BCUT2D eigenvalue weighted by molar-refractivity contribution is 0.0696. The van der Waals surface area contributed by atoms with Crippen LogP contribution in [0.5, 0.6) is 0 Å². The molecule has 1 fully saturated rings. The molecule has 6 nitrogen and oxygen atoms in total. The predicted molar refractivity (Wildman–Crippen MR) is 59.6 cm³/mol. The van der Waals surface area contributed by atoms with Crippen molar-refractivity contribution in [3.63, 3.8) is 0 Å². The molecule has 3 rings (SSSR count). The Hall–Kier alpha value is -1.82. The van der Waals surface area contributed by atoms with Crippen LogP contribution in [0.25, 0.3) is 5.82 Å². The zero-order valence-corrected chi connectivity index (χ0v) is 9.50. The topological polar surface area (TPSA) is 72.9 Å². The normalized spacial score (nSPS) is 15.1. The van der Waals surface area contributed by atoms with Crippen LogP contribution in [-0.2, 0) is 0 Å². The number of rotatable bonds is 3. The number of aromatic carboxylic acids is 1. The van der Waals surface area contributed by atoms with Crippen LogP contribution in [0.3, 0.4) is 0 Å². The SMILES string of the molecule is O=C(O)c1cnn(C2CC2)c1-n1cc(Cl)cn1. The van der Waals surface area contributed by atoms with Gasteiger partial charge in [0.15, 0.2) is 5.82 Å². The molecule has 0 unspecified atom stereocenters. The van der Waals surface area contributed by atoms with E-state index in [0.717, 1.165) is 12.8 Å². The third-order valence-electron chi connectivity index (χ3n) is 2.66. The molecule has 1 aliphatic carbocycles. The van der Waals surface area contributed by atoms with Crippen LogP contribution in [0.4, 0.5) is 0 Å². The quantitative estimate of drug-likeness (QED) is 0.903. The van der Waals surface area contributed by atoms with E-state index in [1.165, 1.54) is 17.1 Å². The van der Waals surface area contributed by atoms with Crippen molar-refractivity contribution in [1.82, 2.24) is 19.6 Å². The Morgan fingerprint density at radius 2 is 2.18 bits per heavy atom. The fraction of sp³-hybridized carbons (Fsp3) is 0.300. The van der Waals surface area contributed by atoms with Crippen molar-refractivity contribution in [2.24, 2.45) is 0 Å². The molecule has 0 spiro atoms. The van der Waals surface area contributed by atoms with E-state index in [2.05, 4.69) is 10.2 Å². The maximum atomic E-state index is 11.1. The van der Waals surface area contributed by atoms with Crippen LogP contribution in [0.1, 0.15) is 29.2 Å². The van der Waals surface area contributed by atoms with Crippen molar-refractivity contribution >= 4 is 17.6 Å². The fourth-order valence-corrected chi connectivity index (χ4v) is 1.87. The van der Waals surface area contributed by atoms with E-state index in [0.29, 0.717) is 10.8 Å². The summed E-state index contributed by atoms with van der Waals surface area (Å²) in [5.74, 6) is -0.551. The molecule has 0 amide bonds. The van der Waals surface area contributed by atoms with Crippen LogP contribution in [-0.4, -0.2) is 30.6 Å². The highest BCUT2D eigenvalue weighted by Crippen LogP contribution is 2.37. The lowest BCUT2D eigenvalue weighted by Crippen LogP contribution is -2.10. The Bertz CT molecular complexity index is 585. The Morgan fingerprint density at radius 1 is 1.41 bits per heavy atom. The number of carboxylic acids is 1. The molecule has 17 heavy (non-hydrogen) atoms. The van der Waals surface area contributed by atoms with E-state index in [4.69, 9.17) is 16.7 Å².